The van der Waals surface area contributed by atoms with E-state index >= 15 is 0 Å². The van der Waals surface area contributed by atoms with Gasteiger partial charge in [-0.2, -0.15) is 0 Å². The Balaban J connectivity index is 1.69. The fourth-order valence-electron chi connectivity index (χ4n) is 4.68. The van der Waals surface area contributed by atoms with Crippen LogP contribution in [0, 0.1) is 11.8 Å². The van der Waals surface area contributed by atoms with Crippen molar-refractivity contribution in [1.82, 2.24) is 15.0 Å². The molecule has 1 saturated heterocycles. The zero-order valence-corrected chi connectivity index (χ0v) is 16.9. The van der Waals surface area contributed by atoms with Crippen LogP contribution in [0.1, 0.15) is 26.7 Å². The van der Waals surface area contributed by atoms with Crippen molar-refractivity contribution in [3.63, 3.8) is 0 Å². The first-order chi connectivity index (χ1) is 14.0. The van der Waals surface area contributed by atoms with Crippen molar-refractivity contribution in [3.8, 4) is 0 Å². The summed E-state index contributed by atoms with van der Waals surface area (Å²) in [6, 6.07) is 11.9. The molecule has 0 radical (unpaired) electrons. The highest BCUT2D eigenvalue weighted by Crippen LogP contribution is 2.38. The molecule has 1 fully saturated rings. The van der Waals surface area contributed by atoms with Crippen molar-refractivity contribution in [1.29, 1.82) is 0 Å². The minimum absolute atomic E-state index is 0.0304. The van der Waals surface area contributed by atoms with E-state index in [1.54, 1.807) is 6.33 Å². The highest BCUT2D eigenvalue weighted by molar-refractivity contribution is 5.90. The molecular formula is C22H28N6O. The summed E-state index contributed by atoms with van der Waals surface area (Å²) in [5.74, 6) is 0.682. The Kier molecular flexibility index (Phi) is 5.13. The number of rotatable bonds is 6. The smallest absolute Gasteiger partial charge is 0.243 e. The second-order valence-corrected chi connectivity index (χ2v) is 8.10. The molecular weight excluding hydrogens is 364 g/mol. The number of benzene rings is 1. The molecule has 1 aromatic carbocycles. The van der Waals surface area contributed by atoms with Crippen molar-refractivity contribution < 1.29 is 4.79 Å². The number of aromatic nitrogens is 3. The highest BCUT2D eigenvalue weighted by Gasteiger charge is 2.48. The van der Waals surface area contributed by atoms with Gasteiger partial charge in [0.2, 0.25) is 5.91 Å². The number of piperidine rings is 1. The molecule has 0 spiro atoms. The number of hydrogen-bond donors (Lipinski definition) is 3. The van der Waals surface area contributed by atoms with Gasteiger partial charge in [0.15, 0.2) is 0 Å². The average molecular weight is 393 g/mol. The first-order valence-electron chi connectivity index (χ1n) is 10.2. The summed E-state index contributed by atoms with van der Waals surface area (Å²) in [6.07, 6.45) is 5.37. The van der Waals surface area contributed by atoms with E-state index in [2.05, 4.69) is 39.0 Å². The average Bonchev–Trinajstić information content (AvgIpc) is 3.21. The molecule has 3 aromatic rings. The number of fused-ring (bicyclic) bond motifs is 1. The van der Waals surface area contributed by atoms with E-state index in [1.165, 1.54) is 0 Å². The van der Waals surface area contributed by atoms with Crippen LogP contribution in [0.5, 0.6) is 0 Å². The number of primary amides is 1. The molecule has 2 aromatic heterocycles. The lowest BCUT2D eigenvalue weighted by molar-refractivity contribution is -0.126. The van der Waals surface area contributed by atoms with Crippen molar-refractivity contribution >= 4 is 28.4 Å². The van der Waals surface area contributed by atoms with Crippen LogP contribution in [0.2, 0.25) is 0 Å². The highest BCUT2D eigenvalue weighted by atomic mass is 16.1. The quantitative estimate of drug-likeness (QED) is 0.598. The summed E-state index contributed by atoms with van der Waals surface area (Å²) < 4.78 is 0. The lowest BCUT2D eigenvalue weighted by atomic mass is 9.71. The maximum absolute atomic E-state index is 12.9. The van der Waals surface area contributed by atoms with Gasteiger partial charge in [-0.3, -0.25) is 4.79 Å². The van der Waals surface area contributed by atoms with Gasteiger partial charge in [0, 0.05) is 30.9 Å². The number of carbonyl (C=O) groups is 1. The predicted octanol–water partition coefficient (Wildman–Crippen LogP) is 3.17. The van der Waals surface area contributed by atoms with Crippen molar-refractivity contribution in [2.24, 2.45) is 17.6 Å². The number of hydrogen-bond acceptors (Lipinski definition) is 5. The Morgan fingerprint density at radius 3 is 2.79 bits per heavy atom. The van der Waals surface area contributed by atoms with E-state index < -0.39 is 5.54 Å². The Hall–Kier alpha value is -3.09. The third-order valence-electron chi connectivity index (χ3n) is 6.14. The molecule has 2 atom stereocenters. The number of para-hydroxylation sites is 1. The lowest BCUT2D eigenvalue weighted by Crippen LogP contribution is -2.63. The van der Waals surface area contributed by atoms with Gasteiger partial charge in [0.25, 0.3) is 0 Å². The number of H-pyrrole nitrogens is 1. The standard InChI is InChI=1S/C22H28N6O/c1-15(2)22(21(23)29,27-17-8-4-3-5-9-17)16-7-6-12-28(13-16)20-18-10-11-24-19(18)25-14-26-20/h3-5,8-11,14-16,27H,6-7,12-13H2,1-2H3,(H2,23,29)(H,24,25,26)/t16-,22?/m1/s1. The summed E-state index contributed by atoms with van der Waals surface area (Å²) in [5, 5.41) is 4.52. The van der Waals surface area contributed by atoms with Gasteiger partial charge in [0.05, 0.1) is 5.39 Å². The molecule has 4 rings (SSSR count). The second-order valence-electron chi connectivity index (χ2n) is 8.10. The monoisotopic (exact) mass is 392 g/mol. The zero-order valence-electron chi connectivity index (χ0n) is 16.9. The van der Waals surface area contributed by atoms with E-state index in [0.717, 1.165) is 41.9 Å². The molecule has 1 amide bonds. The molecule has 29 heavy (non-hydrogen) atoms. The van der Waals surface area contributed by atoms with Crippen LogP contribution in [0.3, 0.4) is 0 Å². The van der Waals surface area contributed by atoms with E-state index in [9.17, 15) is 4.79 Å². The lowest BCUT2D eigenvalue weighted by Gasteiger charge is -2.47. The number of amides is 1. The van der Waals surface area contributed by atoms with E-state index in [1.807, 2.05) is 42.6 Å². The summed E-state index contributed by atoms with van der Waals surface area (Å²) in [5.41, 5.74) is 6.95. The van der Waals surface area contributed by atoms with Gasteiger partial charge >= 0.3 is 0 Å². The Labute approximate surface area is 170 Å². The Morgan fingerprint density at radius 2 is 2.07 bits per heavy atom. The molecule has 3 heterocycles. The molecule has 152 valence electrons. The van der Waals surface area contributed by atoms with Crippen LogP contribution >= 0.6 is 0 Å². The summed E-state index contributed by atoms with van der Waals surface area (Å²) in [4.78, 5) is 27.1. The minimum atomic E-state index is -0.843. The normalized spacial score (nSPS) is 19.3. The van der Waals surface area contributed by atoms with Crippen LogP contribution in [0.25, 0.3) is 11.0 Å². The van der Waals surface area contributed by atoms with E-state index in [0.29, 0.717) is 6.54 Å². The number of nitrogens with zero attached hydrogens (tertiary/aromatic N) is 3. The van der Waals surface area contributed by atoms with Crippen LogP contribution in [-0.4, -0.2) is 39.5 Å². The van der Waals surface area contributed by atoms with Gasteiger partial charge < -0.3 is 20.9 Å². The fraction of sp³-hybridized carbons (Fsp3) is 0.409. The van der Waals surface area contributed by atoms with Crippen molar-refractivity contribution in [3.05, 3.63) is 48.9 Å². The topological polar surface area (TPSA) is 99.9 Å². The minimum Gasteiger partial charge on any atom is -0.371 e. The number of nitrogens with one attached hydrogen (secondary N) is 2. The van der Waals surface area contributed by atoms with Gasteiger partial charge in [-0.25, -0.2) is 9.97 Å². The van der Waals surface area contributed by atoms with Crippen LogP contribution < -0.4 is 16.0 Å². The largest absolute Gasteiger partial charge is 0.371 e. The summed E-state index contributed by atoms with van der Waals surface area (Å²) in [6.45, 7) is 5.73. The maximum Gasteiger partial charge on any atom is 0.243 e. The SMILES string of the molecule is CC(C)C(Nc1ccccc1)(C(N)=O)[C@@H]1CCCN(c2ncnc3[nH]ccc23)C1. The van der Waals surface area contributed by atoms with Gasteiger partial charge in [0.1, 0.15) is 23.3 Å². The second kappa shape index (κ2) is 7.73. The molecule has 7 nitrogen and oxygen atoms in total. The van der Waals surface area contributed by atoms with E-state index in [4.69, 9.17) is 5.73 Å². The Bertz CT molecular complexity index is 985. The number of anilines is 2. The molecule has 7 heteroatoms. The van der Waals surface area contributed by atoms with Gasteiger partial charge in [-0.15, -0.1) is 0 Å². The van der Waals surface area contributed by atoms with E-state index in [-0.39, 0.29) is 17.7 Å². The number of carbonyl (C=O) groups excluding carboxylic acids is 1. The third-order valence-corrected chi connectivity index (χ3v) is 6.14. The molecule has 1 aliphatic heterocycles. The first kappa shape index (κ1) is 19.2. The van der Waals surface area contributed by atoms with Crippen LogP contribution in [-0.2, 0) is 4.79 Å². The van der Waals surface area contributed by atoms with Crippen LogP contribution in [0.4, 0.5) is 11.5 Å². The fourth-order valence-corrected chi connectivity index (χ4v) is 4.68. The maximum atomic E-state index is 12.9. The predicted molar refractivity (Wildman–Crippen MR) is 116 cm³/mol. The molecule has 1 aliphatic rings. The number of aromatic amines is 1. The zero-order chi connectivity index (χ0) is 20.4. The molecule has 4 N–H and O–H groups in total. The third kappa shape index (κ3) is 3.41. The van der Waals surface area contributed by atoms with Crippen LogP contribution in [0.15, 0.2) is 48.9 Å². The molecule has 0 bridgehead atoms. The molecule has 0 saturated carbocycles. The molecule has 1 unspecified atom stereocenters. The summed E-state index contributed by atoms with van der Waals surface area (Å²) >= 11 is 0. The van der Waals surface area contributed by atoms with Gasteiger partial charge in [-0.05, 0) is 37.0 Å². The Morgan fingerprint density at radius 1 is 1.28 bits per heavy atom. The summed E-state index contributed by atoms with van der Waals surface area (Å²) in [7, 11) is 0. The molecule has 0 aliphatic carbocycles. The first-order valence-corrected chi connectivity index (χ1v) is 10.2. The van der Waals surface area contributed by atoms with Crippen molar-refractivity contribution in [2.45, 2.75) is 32.2 Å². The number of nitrogens with two attached hydrogens (primary N) is 1. The van der Waals surface area contributed by atoms with Crippen molar-refractivity contribution in [2.75, 3.05) is 23.3 Å². The van der Waals surface area contributed by atoms with Gasteiger partial charge in [-0.1, -0.05) is 32.0 Å².